The average Bonchev–Trinajstić information content (AvgIpc) is 3.10. The number of fused-ring (bicyclic) bond motifs is 1. The van der Waals surface area contributed by atoms with E-state index in [4.69, 9.17) is 4.98 Å². The Balaban J connectivity index is 1.83. The van der Waals surface area contributed by atoms with E-state index in [9.17, 15) is 10.1 Å². The first kappa shape index (κ1) is 17.0. The van der Waals surface area contributed by atoms with Gasteiger partial charge in [-0.05, 0) is 31.5 Å². The fraction of sp³-hybridized carbons (Fsp3) is 0.350. The number of nitrogens with zero attached hydrogens (tertiary/aromatic N) is 4. The van der Waals surface area contributed by atoms with Gasteiger partial charge in [-0.15, -0.1) is 11.3 Å². The second kappa shape index (κ2) is 7.40. The summed E-state index contributed by atoms with van der Waals surface area (Å²) in [5, 5.41) is 11.9. The normalized spacial score (nSPS) is 15.2. The Morgan fingerprint density at radius 1 is 1.15 bits per heavy atom. The fourth-order valence-electron chi connectivity index (χ4n) is 3.57. The largest absolute Gasteiger partial charge is 0.296 e. The van der Waals surface area contributed by atoms with Crippen LogP contribution in [0.25, 0.3) is 21.3 Å². The van der Waals surface area contributed by atoms with Crippen LogP contribution in [-0.2, 0) is 13.1 Å². The lowest BCUT2D eigenvalue weighted by Crippen LogP contribution is -2.33. The molecule has 0 bridgehead atoms. The maximum atomic E-state index is 13.2. The number of thiophene rings is 1. The number of aromatic nitrogens is 2. The Morgan fingerprint density at radius 3 is 2.65 bits per heavy atom. The van der Waals surface area contributed by atoms with Gasteiger partial charge >= 0.3 is 0 Å². The molecule has 0 atom stereocenters. The summed E-state index contributed by atoms with van der Waals surface area (Å²) in [6, 6.07) is 12.0. The van der Waals surface area contributed by atoms with Crippen LogP contribution < -0.4 is 5.56 Å². The summed E-state index contributed by atoms with van der Waals surface area (Å²) < 4.78 is 1.55. The molecule has 4 rings (SSSR count). The van der Waals surface area contributed by atoms with Gasteiger partial charge in [0.25, 0.3) is 5.56 Å². The highest BCUT2D eigenvalue weighted by molar-refractivity contribution is 7.17. The Hall–Kier alpha value is -2.49. The van der Waals surface area contributed by atoms with Crippen LogP contribution in [0.4, 0.5) is 0 Å². The number of benzene rings is 1. The van der Waals surface area contributed by atoms with Crippen LogP contribution in [0.3, 0.4) is 0 Å². The molecule has 2 aromatic heterocycles. The first-order valence-electron chi connectivity index (χ1n) is 8.93. The second-order valence-corrected chi connectivity index (χ2v) is 7.47. The zero-order valence-electron chi connectivity index (χ0n) is 14.5. The SMILES string of the molecule is N#CCn1c(CN2CCCCC2)nc2scc(-c3ccccc3)c2c1=O. The highest BCUT2D eigenvalue weighted by Crippen LogP contribution is 2.31. The van der Waals surface area contributed by atoms with E-state index in [-0.39, 0.29) is 12.1 Å². The Bertz CT molecular complexity index is 1010. The number of likely N-dealkylation sites (tertiary alicyclic amines) is 1. The average molecular weight is 364 g/mol. The summed E-state index contributed by atoms with van der Waals surface area (Å²) in [5.41, 5.74) is 1.80. The topological polar surface area (TPSA) is 61.9 Å². The highest BCUT2D eigenvalue weighted by atomic mass is 32.1. The molecular weight excluding hydrogens is 344 g/mol. The lowest BCUT2D eigenvalue weighted by Gasteiger charge is -2.26. The second-order valence-electron chi connectivity index (χ2n) is 6.61. The molecule has 0 saturated carbocycles. The van der Waals surface area contributed by atoms with Gasteiger partial charge in [0.2, 0.25) is 0 Å². The van der Waals surface area contributed by atoms with E-state index < -0.39 is 0 Å². The van der Waals surface area contributed by atoms with Crippen LogP contribution in [0.2, 0.25) is 0 Å². The molecule has 0 radical (unpaired) electrons. The van der Waals surface area contributed by atoms with E-state index in [1.165, 1.54) is 30.6 Å². The minimum atomic E-state index is -0.108. The van der Waals surface area contributed by atoms with E-state index >= 15 is 0 Å². The molecular formula is C20H20N4OS. The van der Waals surface area contributed by atoms with Crippen molar-refractivity contribution in [2.45, 2.75) is 32.4 Å². The summed E-state index contributed by atoms with van der Waals surface area (Å²) >= 11 is 1.50. The first-order chi connectivity index (χ1) is 12.8. The van der Waals surface area contributed by atoms with E-state index in [0.29, 0.717) is 17.8 Å². The third-order valence-electron chi connectivity index (χ3n) is 4.90. The number of hydrogen-bond donors (Lipinski definition) is 0. The van der Waals surface area contributed by atoms with E-state index in [2.05, 4.69) is 11.0 Å². The Kier molecular flexibility index (Phi) is 4.83. The van der Waals surface area contributed by atoms with Crippen molar-refractivity contribution in [3.63, 3.8) is 0 Å². The van der Waals surface area contributed by atoms with Crippen LogP contribution in [0.5, 0.6) is 0 Å². The predicted molar refractivity (Wildman–Crippen MR) is 104 cm³/mol. The third kappa shape index (κ3) is 3.16. The minimum Gasteiger partial charge on any atom is -0.296 e. The first-order valence-corrected chi connectivity index (χ1v) is 9.81. The maximum Gasteiger partial charge on any atom is 0.263 e. The molecule has 132 valence electrons. The molecule has 1 aliphatic heterocycles. The monoisotopic (exact) mass is 364 g/mol. The number of hydrogen-bond acceptors (Lipinski definition) is 5. The van der Waals surface area contributed by atoms with Gasteiger partial charge in [-0.3, -0.25) is 14.3 Å². The molecule has 1 aromatic carbocycles. The van der Waals surface area contributed by atoms with Crippen LogP contribution in [0, 0.1) is 11.3 Å². The van der Waals surface area contributed by atoms with Crippen molar-refractivity contribution in [3.8, 4) is 17.2 Å². The van der Waals surface area contributed by atoms with Gasteiger partial charge in [-0.25, -0.2) is 4.98 Å². The van der Waals surface area contributed by atoms with Gasteiger partial charge in [0, 0.05) is 10.9 Å². The van der Waals surface area contributed by atoms with Gasteiger partial charge in [-0.1, -0.05) is 36.8 Å². The lowest BCUT2D eigenvalue weighted by atomic mass is 10.1. The van der Waals surface area contributed by atoms with Crippen molar-refractivity contribution >= 4 is 21.6 Å². The summed E-state index contributed by atoms with van der Waals surface area (Å²) in [7, 11) is 0. The number of piperidine rings is 1. The Labute approximate surface area is 156 Å². The number of rotatable bonds is 4. The maximum absolute atomic E-state index is 13.2. The number of nitriles is 1. The molecule has 3 aromatic rings. The molecule has 1 saturated heterocycles. The fourth-order valence-corrected chi connectivity index (χ4v) is 4.53. The molecule has 0 amide bonds. The van der Waals surface area contributed by atoms with Crippen LogP contribution in [0.1, 0.15) is 25.1 Å². The van der Waals surface area contributed by atoms with Crippen molar-refractivity contribution in [1.29, 1.82) is 5.26 Å². The van der Waals surface area contributed by atoms with E-state index in [1.807, 2.05) is 35.7 Å². The molecule has 0 spiro atoms. The molecule has 26 heavy (non-hydrogen) atoms. The predicted octanol–water partition coefficient (Wildman–Crippen LogP) is 3.63. The molecule has 1 fully saturated rings. The van der Waals surface area contributed by atoms with E-state index in [1.54, 1.807) is 4.57 Å². The quantitative estimate of drug-likeness (QED) is 0.709. The van der Waals surface area contributed by atoms with Gasteiger partial charge in [0.15, 0.2) is 0 Å². The molecule has 3 heterocycles. The molecule has 0 aliphatic carbocycles. The van der Waals surface area contributed by atoms with Gasteiger partial charge in [0.1, 0.15) is 17.2 Å². The highest BCUT2D eigenvalue weighted by Gasteiger charge is 2.19. The van der Waals surface area contributed by atoms with Crippen LogP contribution in [-0.4, -0.2) is 27.5 Å². The van der Waals surface area contributed by atoms with Crippen LogP contribution in [0.15, 0.2) is 40.5 Å². The zero-order chi connectivity index (χ0) is 17.9. The Morgan fingerprint density at radius 2 is 1.92 bits per heavy atom. The summed E-state index contributed by atoms with van der Waals surface area (Å²) in [6.45, 7) is 2.72. The lowest BCUT2D eigenvalue weighted by molar-refractivity contribution is 0.213. The molecule has 5 nitrogen and oxygen atoms in total. The minimum absolute atomic E-state index is 0.0367. The molecule has 6 heteroatoms. The smallest absolute Gasteiger partial charge is 0.263 e. The van der Waals surface area contributed by atoms with Gasteiger partial charge in [-0.2, -0.15) is 5.26 Å². The van der Waals surface area contributed by atoms with Crippen molar-refractivity contribution < 1.29 is 0 Å². The van der Waals surface area contributed by atoms with E-state index in [0.717, 1.165) is 29.0 Å². The standard InChI is InChI=1S/C20H20N4OS/c21-9-12-24-17(13-23-10-5-2-6-11-23)22-19-18(20(24)25)16(14-26-19)15-7-3-1-4-8-15/h1,3-4,7-8,14H,2,5-6,10-13H2. The van der Waals surface area contributed by atoms with Gasteiger partial charge < -0.3 is 0 Å². The molecule has 0 unspecified atom stereocenters. The molecule has 1 aliphatic rings. The van der Waals surface area contributed by atoms with Crippen molar-refractivity contribution in [3.05, 3.63) is 51.9 Å². The summed E-state index contributed by atoms with van der Waals surface area (Å²) in [6.07, 6.45) is 3.63. The zero-order valence-corrected chi connectivity index (χ0v) is 15.3. The molecule has 0 N–H and O–H groups in total. The summed E-state index contributed by atoms with van der Waals surface area (Å²) in [4.78, 5) is 21.1. The summed E-state index contributed by atoms with van der Waals surface area (Å²) in [5.74, 6) is 0.701. The van der Waals surface area contributed by atoms with Gasteiger partial charge in [0.05, 0.1) is 18.0 Å². The van der Waals surface area contributed by atoms with Crippen LogP contribution >= 0.6 is 11.3 Å². The van der Waals surface area contributed by atoms with Crippen molar-refractivity contribution in [2.75, 3.05) is 13.1 Å². The third-order valence-corrected chi connectivity index (χ3v) is 5.77. The van der Waals surface area contributed by atoms with Crippen molar-refractivity contribution in [2.24, 2.45) is 0 Å². The van der Waals surface area contributed by atoms with Crippen molar-refractivity contribution in [1.82, 2.24) is 14.5 Å².